The van der Waals surface area contributed by atoms with E-state index in [1.807, 2.05) is 23.1 Å². The second-order valence-corrected chi connectivity index (χ2v) is 5.96. The average molecular weight is 292 g/mol. The molecule has 1 aliphatic rings. The van der Waals surface area contributed by atoms with Crippen LogP contribution in [0.3, 0.4) is 0 Å². The predicted octanol–water partition coefficient (Wildman–Crippen LogP) is 1.78. The summed E-state index contributed by atoms with van der Waals surface area (Å²) in [4.78, 5) is 28.2. The number of benzene rings is 1. The molecule has 0 bridgehead atoms. The Labute approximate surface area is 124 Å². The highest BCUT2D eigenvalue weighted by Gasteiger charge is 2.22. The summed E-state index contributed by atoms with van der Waals surface area (Å²) in [5, 5.41) is 0. The van der Waals surface area contributed by atoms with Gasteiger partial charge < -0.3 is 9.80 Å². The molecule has 5 heteroatoms. The zero-order chi connectivity index (χ0) is 14.5. The maximum atomic E-state index is 12.2. The summed E-state index contributed by atoms with van der Waals surface area (Å²) in [7, 11) is 0. The van der Waals surface area contributed by atoms with Crippen LogP contribution in [0.15, 0.2) is 29.2 Å². The molecule has 1 saturated heterocycles. The fourth-order valence-corrected chi connectivity index (χ4v) is 3.15. The van der Waals surface area contributed by atoms with Crippen LogP contribution in [0.4, 0.5) is 0 Å². The first-order valence-electron chi connectivity index (χ1n) is 6.79. The summed E-state index contributed by atoms with van der Waals surface area (Å²) in [6.07, 6.45) is 0. The van der Waals surface area contributed by atoms with E-state index in [1.54, 1.807) is 23.6 Å². The van der Waals surface area contributed by atoms with Gasteiger partial charge in [0.15, 0.2) is 0 Å². The topological polar surface area (TPSA) is 40.6 Å². The van der Waals surface area contributed by atoms with Gasteiger partial charge in [-0.3, -0.25) is 9.59 Å². The molecule has 108 valence electrons. The largest absolute Gasteiger partial charge is 0.339 e. The fourth-order valence-electron chi connectivity index (χ4n) is 2.22. The lowest BCUT2D eigenvalue weighted by atomic mass is 10.2. The molecule has 1 aliphatic heterocycles. The summed E-state index contributed by atoms with van der Waals surface area (Å²) in [6, 6.07) is 8.09. The van der Waals surface area contributed by atoms with Crippen molar-refractivity contribution in [1.29, 1.82) is 0 Å². The number of piperazine rings is 1. The average Bonchev–Trinajstić information content (AvgIpc) is 2.46. The van der Waals surface area contributed by atoms with Crippen LogP contribution in [-0.2, 0) is 9.59 Å². The molecule has 1 aromatic carbocycles. The van der Waals surface area contributed by atoms with Crippen LogP contribution in [-0.4, -0.2) is 53.5 Å². The molecule has 0 aromatic heterocycles. The van der Waals surface area contributed by atoms with Crippen LogP contribution < -0.4 is 0 Å². The number of amides is 2. The van der Waals surface area contributed by atoms with E-state index in [2.05, 4.69) is 13.0 Å². The molecular formula is C15H20N2O2S. The number of hydrogen-bond acceptors (Lipinski definition) is 3. The van der Waals surface area contributed by atoms with Crippen molar-refractivity contribution < 1.29 is 9.59 Å². The Kier molecular flexibility index (Phi) is 5.06. The maximum Gasteiger partial charge on any atom is 0.233 e. The molecule has 4 nitrogen and oxygen atoms in total. The van der Waals surface area contributed by atoms with E-state index in [0.29, 0.717) is 31.9 Å². The van der Waals surface area contributed by atoms with Crippen LogP contribution in [0.25, 0.3) is 0 Å². The smallest absolute Gasteiger partial charge is 0.233 e. The van der Waals surface area contributed by atoms with Gasteiger partial charge in [-0.1, -0.05) is 18.2 Å². The number of carbonyl (C=O) groups excluding carboxylic acids is 2. The Balaban J connectivity index is 1.82. The lowest BCUT2D eigenvalue weighted by Crippen LogP contribution is -2.50. The van der Waals surface area contributed by atoms with Crippen molar-refractivity contribution >= 4 is 23.6 Å². The monoisotopic (exact) mass is 292 g/mol. The van der Waals surface area contributed by atoms with Crippen molar-refractivity contribution in [3.05, 3.63) is 29.8 Å². The standard InChI is InChI=1S/C15H20N2O2S/c1-12-5-3-4-6-14(12)20-11-15(19)17-9-7-16(8-10-17)13(2)18/h3-6H,7-11H2,1-2H3. The van der Waals surface area contributed by atoms with Crippen LogP contribution in [0, 0.1) is 6.92 Å². The maximum absolute atomic E-state index is 12.2. The van der Waals surface area contributed by atoms with E-state index in [-0.39, 0.29) is 11.8 Å². The lowest BCUT2D eigenvalue weighted by Gasteiger charge is -2.34. The molecular weight excluding hydrogens is 272 g/mol. The van der Waals surface area contributed by atoms with E-state index in [1.165, 1.54) is 5.56 Å². The quantitative estimate of drug-likeness (QED) is 0.797. The molecule has 1 heterocycles. The Morgan fingerprint density at radius 2 is 1.70 bits per heavy atom. The molecule has 0 saturated carbocycles. The first-order valence-corrected chi connectivity index (χ1v) is 7.78. The minimum absolute atomic E-state index is 0.0892. The third-order valence-corrected chi connectivity index (χ3v) is 4.68. The van der Waals surface area contributed by atoms with Crippen molar-refractivity contribution in [1.82, 2.24) is 9.80 Å². The van der Waals surface area contributed by atoms with E-state index in [0.717, 1.165) is 4.90 Å². The van der Waals surface area contributed by atoms with Gasteiger partial charge in [-0.05, 0) is 18.6 Å². The number of rotatable bonds is 3. The van der Waals surface area contributed by atoms with Crippen LogP contribution >= 0.6 is 11.8 Å². The Morgan fingerprint density at radius 3 is 2.30 bits per heavy atom. The summed E-state index contributed by atoms with van der Waals surface area (Å²) in [5.41, 5.74) is 1.20. The second kappa shape index (κ2) is 6.79. The summed E-state index contributed by atoms with van der Waals surface area (Å²) >= 11 is 1.58. The number of nitrogens with zero attached hydrogens (tertiary/aromatic N) is 2. The second-order valence-electron chi connectivity index (χ2n) is 4.94. The Morgan fingerprint density at radius 1 is 1.10 bits per heavy atom. The Hall–Kier alpha value is -1.49. The highest BCUT2D eigenvalue weighted by atomic mass is 32.2. The third-order valence-electron chi connectivity index (χ3n) is 3.52. The minimum atomic E-state index is 0.0892. The molecule has 0 unspecified atom stereocenters. The van der Waals surface area contributed by atoms with Crippen molar-refractivity contribution in [2.45, 2.75) is 18.7 Å². The van der Waals surface area contributed by atoms with Gasteiger partial charge in [0, 0.05) is 38.0 Å². The van der Waals surface area contributed by atoms with Crippen molar-refractivity contribution in [3.8, 4) is 0 Å². The number of aryl methyl sites for hydroxylation is 1. The van der Waals surface area contributed by atoms with Gasteiger partial charge in [-0.2, -0.15) is 0 Å². The lowest BCUT2D eigenvalue weighted by molar-refractivity contribution is -0.136. The van der Waals surface area contributed by atoms with E-state index in [9.17, 15) is 9.59 Å². The first-order chi connectivity index (χ1) is 9.58. The number of carbonyl (C=O) groups is 2. The minimum Gasteiger partial charge on any atom is -0.339 e. The summed E-state index contributed by atoms with van der Waals surface area (Å²) in [5.74, 6) is 0.707. The van der Waals surface area contributed by atoms with Gasteiger partial charge in [-0.15, -0.1) is 11.8 Å². The highest BCUT2D eigenvalue weighted by molar-refractivity contribution is 8.00. The van der Waals surface area contributed by atoms with Crippen molar-refractivity contribution in [2.24, 2.45) is 0 Å². The van der Waals surface area contributed by atoms with Gasteiger partial charge in [-0.25, -0.2) is 0 Å². The third kappa shape index (κ3) is 3.76. The molecule has 2 amide bonds. The normalized spacial score (nSPS) is 15.3. The molecule has 0 spiro atoms. The summed E-state index contributed by atoms with van der Waals surface area (Å²) in [6.45, 7) is 6.22. The SMILES string of the molecule is CC(=O)N1CCN(C(=O)CSc2ccccc2C)CC1. The fraction of sp³-hybridized carbons (Fsp3) is 0.467. The van der Waals surface area contributed by atoms with Gasteiger partial charge in [0.2, 0.25) is 11.8 Å². The zero-order valence-corrected chi connectivity index (χ0v) is 12.8. The van der Waals surface area contributed by atoms with Gasteiger partial charge in [0.05, 0.1) is 5.75 Å². The molecule has 2 rings (SSSR count). The van der Waals surface area contributed by atoms with Crippen molar-refractivity contribution in [3.63, 3.8) is 0 Å². The molecule has 20 heavy (non-hydrogen) atoms. The number of thioether (sulfide) groups is 1. The van der Waals surface area contributed by atoms with E-state index < -0.39 is 0 Å². The molecule has 1 aromatic rings. The highest BCUT2D eigenvalue weighted by Crippen LogP contribution is 2.22. The zero-order valence-electron chi connectivity index (χ0n) is 12.0. The number of hydrogen-bond donors (Lipinski definition) is 0. The molecule has 0 aliphatic carbocycles. The van der Waals surface area contributed by atoms with Crippen LogP contribution in [0.2, 0.25) is 0 Å². The van der Waals surface area contributed by atoms with Crippen LogP contribution in [0.1, 0.15) is 12.5 Å². The van der Waals surface area contributed by atoms with E-state index in [4.69, 9.17) is 0 Å². The molecule has 0 N–H and O–H groups in total. The summed E-state index contributed by atoms with van der Waals surface area (Å²) < 4.78 is 0. The predicted molar refractivity (Wildman–Crippen MR) is 80.7 cm³/mol. The molecule has 1 fully saturated rings. The van der Waals surface area contributed by atoms with Crippen molar-refractivity contribution in [2.75, 3.05) is 31.9 Å². The van der Waals surface area contributed by atoms with Gasteiger partial charge in [0.1, 0.15) is 0 Å². The molecule has 0 atom stereocenters. The van der Waals surface area contributed by atoms with E-state index >= 15 is 0 Å². The first kappa shape index (κ1) is 14.9. The molecule has 0 radical (unpaired) electrons. The Bertz CT molecular complexity index is 496. The van der Waals surface area contributed by atoms with Crippen LogP contribution in [0.5, 0.6) is 0 Å². The van der Waals surface area contributed by atoms with Gasteiger partial charge >= 0.3 is 0 Å². The van der Waals surface area contributed by atoms with Gasteiger partial charge in [0.25, 0.3) is 0 Å².